The second kappa shape index (κ2) is 6.81. The number of carbonyl (C=O) groups is 1. The summed E-state index contributed by atoms with van der Waals surface area (Å²) in [5, 5.41) is 18.8. The van der Waals surface area contributed by atoms with Crippen LogP contribution in [-0.4, -0.2) is 47.1 Å². The maximum absolute atomic E-state index is 12.5. The molecule has 128 valence electrons. The van der Waals surface area contributed by atoms with Gasteiger partial charge in [0.1, 0.15) is 11.8 Å². The number of aryl methyl sites for hydroxylation is 2. The molecule has 2 heterocycles. The summed E-state index contributed by atoms with van der Waals surface area (Å²) in [5.41, 5.74) is 3.68. The number of pyridine rings is 1. The van der Waals surface area contributed by atoms with E-state index in [0.717, 1.165) is 17.1 Å². The van der Waals surface area contributed by atoms with Crippen LogP contribution in [0.25, 0.3) is 0 Å². The molecular weight excluding hydrogens is 316 g/mol. The van der Waals surface area contributed by atoms with Crippen molar-refractivity contribution < 1.29 is 9.90 Å². The molecule has 0 unspecified atom stereocenters. The van der Waals surface area contributed by atoms with E-state index in [1.165, 1.54) is 12.1 Å². The quantitative estimate of drug-likeness (QED) is 0.910. The first-order valence-corrected chi connectivity index (χ1v) is 8.21. The molecule has 0 radical (unpaired) electrons. The van der Waals surface area contributed by atoms with Gasteiger partial charge >= 0.3 is 0 Å². The van der Waals surface area contributed by atoms with Gasteiger partial charge in [-0.05, 0) is 44.2 Å². The molecule has 0 bridgehead atoms. The molecule has 1 aliphatic rings. The Hall–Kier alpha value is -3.07. The van der Waals surface area contributed by atoms with Crippen molar-refractivity contribution in [3.05, 3.63) is 52.8 Å². The van der Waals surface area contributed by atoms with E-state index < -0.39 is 0 Å². The lowest BCUT2D eigenvalue weighted by Crippen LogP contribution is -2.49. The van der Waals surface area contributed by atoms with E-state index in [1.807, 2.05) is 19.9 Å². The summed E-state index contributed by atoms with van der Waals surface area (Å²) in [5.74, 6) is 0.107. The van der Waals surface area contributed by atoms with Gasteiger partial charge in [0.25, 0.3) is 5.91 Å². The third kappa shape index (κ3) is 3.41. The molecule has 0 spiro atoms. The molecule has 6 nitrogen and oxygen atoms in total. The summed E-state index contributed by atoms with van der Waals surface area (Å²) in [6.07, 6.45) is 0. The average Bonchev–Trinajstić information content (AvgIpc) is 2.61. The fourth-order valence-corrected chi connectivity index (χ4v) is 3.13. The minimum atomic E-state index is -0.0396. The Labute approximate surface area is 146 Å². The van der Waals surface area contributed by atoms with Crippen molar-refractivity contribution in [1.82, 2.24) is 9.88 Å². The van der Waals surface area contributed by atoms with Gasteiger partial charge in [-0.1, -0.05) is 0 Å². The van der Waals surface area contributed by atoms with Gasteiger partial charge < -0.3 is 14.9 Å². The van der Waals surface area contributed by atoms with Crippen LogP contribution >= 0.6 is 0 Å². The highest BCUT2D eigenvalue weighted by atomic mass is 16.3. The van der Waals surface area contributed by atoms with Crippen LogP contribution in [0.1, 0.15) is 27.3 Å². The fraction of sp³-hybridized carbons (Fsp3) is 0.316. The highest BCUT2D eigenvalue weighted by Crippen LogP contribution is 2.25. The maximum Gasteiger partial charge on any atom is 0.253 e. The number of carbonyl (C=O) groups excluding carboxylic acids is 1. The highest BCUT2D eigenvalue weighted by molar-refractivity contribution is 5.94. The number of nitrogens with zero attached hydrogens (tertiary/aromatic N) is 4. The number of hydrogen-bond donors (Lipinski definition) is 1. The second-order valence-corrected chi connectivity index (χ2v) is 6.18. The second-order valence-electron chi connectivity index (χ2n) is 6.18. The average molecular weight is 336 g/mol. The smallest absolute Gasteiger partial charge is 0.253 e. The van der Waals surface area contributed by atoms with Crippen LogP contribution in [0.4, 0.5) is 5.69 Å². The Morgan fingerprint density at radius 3 is 2.40 bits per heavy atom. The maximum atomic E-state index is 12.5. The van der Waals surface area contributed by atoms with Gasteiger partial charge in [-0.3, -0.25) is 9.78 Å². The number of hydrogen-bond acceptors (Lipinski definition) is 5. The van der Waals surface area contributed by atoms with Crippen molar-refractivity contribution in [2.45, 2.75) is 13.8 Å². The Morgan fingerprint density at radius 2 is 1.80 bits per heavy atom. The SMILES string of the molecule is Cc1cc(N2CCN(C(=O)c3ccc(O)cc3)CC2)c(C#N)c(C)n1. The number of nitriles is 1. The van der Waals surface area contributed by atoms with E-state index in [2.05, 4.69) is 16.0 Å². The Balaban J connectivity index is 1.73. The predicted octanol–water partition coefficient (Wildman–Crippen LogP) is 2.24. The third-order valence-corrected chi connectivity index (χ3v) is 4.44. The van der Waals surface area contributed by atoms with Crippen LogP contribution in [0.3, 0.4) is 0 Å². The van der Waals surface area contributed by atoms with Crippen LogP contribution in [0.2, 0.25) is 0 Å². The van der Waals surface area contributed by atoms with Crippen molar-refractivity contribution in [1.29, 1.82) is 5.26 Å². The summed E-state index contributed by atoms with van der Waals surface area (Å²) in [4.78, 5) is 20.8. The first kappa shape index (κ1) is 16.8. The number of rotatable bonds is 2. The number of piperazine rings is 1. The zero-order valence-electron chi connectivity index (χ0n) is 14.4. The van der Waals surface area contributed by atoms with Gasteiger partial charge in [0.15, 0.2) is 0 Å². The Bertz CT molecular complexity index is 832. The molecule has 1 aromatic carbocycles. The number of amides is 1. The standard InChI is InChI=1S/C19H20N4O2/c1-13-11-18(17(12-20)14(2)21-13)22-7-9-23(10-8-22)19(25)15-3-5-16(24)6-4-15/h3-6,11,24H,7-10H2,1-2H3. The molecular formula is C19H20N4O2. The van der Waals surface area contributed by atoms with E-state index in [9.17, 15) is 15.2 Å². The largest absolute Gasteiger partial charge is 0.508 e. The minimum absolute atomic E-state index is 0.0396. The Morgan fingerprint density at radius 1 is 1.16 bits per heavy atom. The van der Waals surface area contributed by atoms with E-state index >= 15 is 0 Å². The molecule has 1 N–H and O–H groups in total. The predicted molar refractivity (Wildman–Crippen MR) is 94.6 cm³/mol. The number of benzene rings is 1. The molecule has 0 aliphatic carbocycles. The summed E-state index contributed by atoms with van der Waals surface area (Å²) in [6, 6.07) is 10.5. The van der Waals surface area contributed by atoms with E-state index in [-0.39, 0.29) is 11.7 Å². The Kier molecular flexibility index (Phi) is 4.57. The summed E-state index contributed by atoms with van der Waals surface area (Å²) in [7, 11) is 0. The fourth-order valence-electron chi connectivity index (χ4n) is 3.13. The van der Waals surface area contributed by atoms with E-state index in [4.69, 9.17) is 0 Å². The van der Waals surface area contributed by atoms with Crippen molar-refractivity contribution in [2.24, 2.45) is 0 Å². The number of aromatic hydroxyl groups is 1. The normalized spacial score (nSPS) is 14.3. The highest BCUT2D eigenvalue weighted by Gasteiger charge is 2.24. The number of aromatic nitrogens is 1. The van der Waals surface area contributed by atoms with Gasteiger partial charge in [0.05, 0.1) is 16.9 Å². The first-order valence-electron chi connectivity index (χ1n) is 8.21. The molecule has 1 amide bonds. The summed E-state index contributed by atoms with van der Waals surface area (Å²) >= 11 is 0. The number of phenolic OH excluding ortho intramolecular Hbond substituents is 1. The van der Waals surface area contributed by atoms with Crippen molar-refractivity contribution in [2.75, 3.05) is 31.1 Å². The van der Waals surface area contributed by atoms with Crippen LogP contribution in [0, 0.1) is 25.2 Å². The topological polar surface area (TPSA) is 80.5 Å². The molecule has 0 atom stereocenters. The van der Waals surface area contributed by atoms with Crippen LogP contribution < -0.4 is 4.90 Å². The monoisotopic (exact) mass is 336 g/mol. The van der Waals surface area contributed by atoms with E-state index in [1.54, 1.807) is 17.0 Å². The lowest BCUT2D eigenvalue weighted by molar-refractivity contribution is 0.0746. The van der Waals surface area contributed by atoms with Gasteiger partial charge in [0, 0.05) is 37.4 Å². The molecule has 1 saturated heterocycles. The number of phenols is 1. The van der Waals surface area contributed by atoms with Crippen LogP contribution in [-0.2, 0) is 0 Å². The molecule has 3 rings (SSSR count). The van der Waals surface area contributed by atoms with Crippen molar-refractivity contribution >= 4 is 11.6 Å². The van der Waals surface area contributed by atoms with Gasteiger partial charge in [-0.25, -0.2) is 0 Å². The van der Waals surface area contributed by atoms with Gasteiger partial charge in [-0.15, -0.1) is 0 Å². The lowest BCUT2D eigenvalue weighted by atomic mass is 10.1. The minimum Gasteiger partial charge on any atom is -0.508 e. The molecule has 25 heavy (non-hydrogen) atoms. The van der Waals surface area contributed by atoms with Gasteiger partial charge in [-0.2, -0.15) is 5.26 Å². The molecule has 0 saturated carbocycles. The molecule has 1 aliphatic heterocycles. The molecule has 1 fully saturated rings. The molecule has 2 aromatic rings. The molecule has 1 aromatic heterocycles. The lowest BCUT2D eigenvalue weighted by Gasteiger charge is -2.36. The summed E-state index contributed by atoms with van der Waals surface area (Å²) in [6.45, 7) is 6.28. The summed E-state index contributed by atoms with van der Waals surface area (Å²) < 4.78 is 0. The van der Waals surface area contributed by atoms with Gasteiger partial charge in [0.2, 0.25) is 0 Å². The third-order valence-electron chi connectivity index (χ3n) is 4.44. The van der Waals surface area contributed by atoms with Crippen molar-refractivity contribution in [3.63, 3.8) is 0 Å². The van der Waals surface area contributed by atoms with E-state index in [0.29, 0.717) is 37.3 Å². The number of anilines is 1. The molecule has 6 heteroatoms. The zero-order chi connectivity index (χ0) is 18.0. The van der Waals surface area contributed by atoms with Crippen LogP contribution in [0.15, 0.2) is 30.3 Å². The van der Waals surface area contributed by atoms with Crippen molar-refractivity contribution in [3.8, 4) is 11.8 Å². The first-order chi connectivity index (χ1) is 12.0. The van der Waals surface area contributed by atoms with Crippen LogP contribution in [0.5, 0.6) is 5.75 Å². The zero-order valence-corrected chi connectivity index (χ0v) is 14.4.